The molecule has 0 aromatic heterocycles. The molecule has 2 nitrogen and oxygen atoms in total. The molecular weight excluding hydrogens is 278 g/mol. The molecule has 0 saturated heterocycles. The van der Waals surface area contributed by atoms with Gasteiger partial charge in [0.25, 0.3) is 0 Å². The van der Waals surface area contributed by atoms with E-state index in [0.717, 1.165) is 0 Å². The van der Waals surface area contributed by atoms with Crippen molar-refractivity contribution in [1.29, 1.82) is 0 Å². The fourth-order valence-corrected chi connectivity index (χ4v) is 1.88. The van der Waals surface area contributed by atoms with Gasteiger partial charge in [-0.15, -0.1) is 3.89 Å². The van der Waals surface area contributed by atoms with Gasteiger partial charge in [0.15, 0.2) is 0 Å². The van der Waals surface area contributed by atoms with E-state index in [9.17, 15) is 16.7 Å². The summed E-state index contributed by atoms with van der Waals surface area (Å²) in [7, 11) is -4.50. The third-order valence-electron chi connectivity index (χ3n) is 1.62. The van der Waals surface area contributed by atoms with Crippen molar-refractivity contribution in [3.05, 3.63) is 34.1 Å². The first-order valence-corrected chi connectivity index (χ1v) is 6.09. The molecule has 1 rings (SSSR count). The van der Waals surface area contributed by atoms with Crippen molar-refractivity contribution < 1.29 is 16.7 Å². The van der Waals surface area contributed by atoms with Gasteiger partial charge in [-0.05, 0) is 30.2 Å². The van der Waals surface area contributed by atoms with E-state index in [1.54, 1.807) is 0 Å². The first kappa shape index (κ1) is 11.6. The van der Waals surface area contributed by atoms with Crippen molar-refractivity contribution in [3.8, 4) is 0 Å². The van der Waals surface area contributed by atoms with Crippen LogP contribution in [0.2, 0.25) is 0 Å². The first-order chi connectivity index (χ1) is 6.38. The molecule has 1 aromatic carbocycles. The molecule has 0 aliphatic heterocycles. The molecular formula is C8H7BrF2O2S. The fraction of sp³-hybridized carbons (Fsp3) is 0.250. The van der Waals surface area contributed by atoms with Crippen LogP contribution >= 0.6 is 15.9 Å². The van der Waals surface area contributed by atoms with Crippen molar-refractivity contribution in [1.82, 2.24) is 0 Å². The Morgan fingerprint density at radius 3 is 2.57 bits per heavy atom. The lowest BCUT2D eigenvalue weighted by molar-refractivity contribution is 0.551. The highest BCUT2D eigenvalue weighted by Crippen LogP contribution is 2.18. The van der Waals surface area contributed by atoms with Crippen molar-refractivity contribution in [3.63, 3.8) is 0 Å². The zero-order valence-electron chi connectivity index (χ0n) is 7.00. The maximum absolute atomic E-state index is 12.7. The molecule has 14 heavy (non-hydrogen) atoms. The summed E-state index contributed by atoms with van der Waals surface area (Å²) < 4.78 is 45.9. The molecule has 0 fully saturated rings. The summed E-state index contributed by atoms with van der Waals surface area (Å²) in [6.45, 7) is 0. The van der Waals surface area contributed by atoms with Crippen LogP contribution in [0.3, 0.4) is 0 Å². The summed E-state index contributed by atoms with van der Waals surface area (Å²) in [6.07, 6.45) is -0.0445. The number of rotatable bonds is 3. The molecule has 0 aliphatic rings. The van der Waals surface area contributed by atoms with Crippen LogP contribution in [0.15, 0.2) is 22.7 Å². The zero-order valence-corrected chi connectivity index (χ0v) is 9.41. The van der Waals surface area contributed by atoms with Crippen LogP contribution in [-0.4, -0.2) is 14.2 Å². The third-order valence-corrected chi connectivity index (χ3v) is 3.09. The van der Waals surface area contributed by atoms with E-state index in [4.69, 9.17) is 0 Å². The Bertz CT molecular complexity index is 431. The highest BCUT2D eigenvalue weighted by atomic mass is 79.9. The predicted molar refractivity (Wildman–Crippen MR) is 52.7 cm³/mol. The lowest BCUT2D eigenvalue weighted by atomic mass is 10.2. The maximum Gasteiger partial charge on any atom is 0.302 e. The summed E-state index contributed by atoms with van der Waals surface area (Å²) in [5.41, 5.74) is 0.436. The molecule has 0 aliphatic carbocycles. The molecule has 1 aromatic rings. The Kier molecular flexibility index (Phi) is 3.60. The van der Waals surface area contributed by atoms with E-state index < -0.39 is 21.8 Å². The standard InChI is InChI=1S/C8H7BrF2O2S/c9-8-2-1-7(10)5-6(8)3-4-14(11,12)13/h1-2,5H,3-4H2. The van der Waals surface area contributed by atoms with Gasteiger partial charge in [0.2, 0.25) is 0 Å². The zero-order chi connectivity index (χ0) is 10.8. The van der Waals surface area contributed by atoms with Crippen LogP contribution in [0.5, 0.6) is 0 Å². The minimum atomic E-state index is -4.50. The summed E-state index contributed by atoms with van der Waals surface area (Å²) in [6, 6.07) is 3.86. The van der Waals surface area contributed by atoms with E-state index in [0.29, 0.717) is 10.0 Å². The monoisotopic (exact) mass is 284 g/mol. The number of hydrogen-bond donors (Lipinski definition) is 0. The number of benzene rings is 1. The second-order valence-corrected chi connectivity index (χ2v) is 5.07. The highest BCUT2D eigenvalue weighted by molar-refractivity contribution is 9.10. The minimum Gasteiger partial charge on any atom is -0.207 e. The number of hydrogen-bond acceptors (Lipinski definition) is 2. The largest absolute Gasteiger partial charge is 0.302 e. The van der Waals surface area contributed by atoms with E-state index in [1.807, 2.05) is 0 Å². The summed E-state index contributed by atoms with van der Waals surface area (Å²) in [4.78, 5) is 0. The molecule has 0 radical (unpaired) electrons. The van der Waals surface area contributed by atoms with Gasteiger partial charge in [-0.3, -0.25) is 0 Å². The summed E-state index contributed by atoms with van der Waals surface area (Å²) in [5, 5.41) is 0. The minimum absolute atomic E-state index is 0.0445. The second kappa shape index (κ2) is 4.35. The van der Waals surface area contributed by atoms with Gasteiger partial charge >= 0.3 is 10.2 Å². The molecule has 0 heterocycles. The summed E-state index contributed by atoms with van der Waals surface area (Å²) in [5.74, 6) is -1.10. The van der Waals surface area contributed by atoms with Crippen molar-refractivity contribution in [2.75, 3.05) is 5.75 Å². The van der Waals surface area contributed by atoms with Gasteiger partial charge in [-0.25, -0.2) is 4.39 Å². The van der Waals surface area contributed by atoms with Crippen molar-refractivity contribution in [2.24, 2.45) is 0 Å². The van der Waals surface area contributed by atoms with Crippen LogP contribution < -0.4 is 0 Å². The van der Waals surface area contributed by atoms with Gasteiger partial charge in [0.1, 0.15) is 5.82 Å². The quantitative estimate of drug-likeness (QED) is 0.799. The Hall–Kier alpha value is -0.490. The average molecular weight is 285 g/mol. The Balaban J connectivity index is 2.81. The van der Waals surface area contributed by atoms with Crippen molar-refractivity contribution >= 4 is 26.2 Å². The molecule has 0 atom stereocenters. The normalized spacial score (nSPS) is 11.6. The van der Waals surface area contributed by atoms with Crippen LogP contribution in [0.1, 0.15) is 5.56 Å². The molecule has 78 valence electrons. The molecule has 0 spiro atoms. The average Bonchev–Trinajstić information content (AvgIpc) is 2.05. The van der Waals surface area contributed by atoms with Gasteiger partial charge < -0.3 is 0 Å². The Labute approximate surface area is 89.3 Å². The van der Waals surface area contributed by atoms with Crippen LogP contribution in [0.25, 0.3) is 0 Å². The lowest BCUT2D eigenvalue weighted by Gasteiger charge is -2.02. The van der Waals surface area contributed by atoms with Crippen LogP contribution in [0, 0.1) is 5.82 Å². The van der Waals surface area contributed by atoms with Crippen LogP contribution in [0.4, 0.5) is 8.28 Å². The molecule has 0 saturated carbocycles. The van der Waals surface area contributed by atoms with E-state index in [-0.39, 0.29) is 6.42 Å². The fourth-order valence-electron chi connectivity index (χ4n) is 0.967. The summed E-state index contributed by atoms with van der Waals surface area (Å²) >= 11 is 3.11. The lowest BCUT2D eigenvalue weighted by Crippen LogP contribution is -2.02. The van der Waals surface area contributed by atoms with E-state index in [1.165, 1.54) is 18.2 Å². The van der Waals surface area contributed by atoms with Crippen molar-refractivity contribution in [2.45, 2.75) is 6.42 Å². The van der Waals surface area contributed by atoms with Gasteiger partial charge in [-0.1, -0.05) is 15.9 Å². The van der Waals surface area contributed by atoms with Gasteiger partial charge in [0, 0.05) is 4.47 Å². The predicted octanol–water partition coefficient (Wildman–Crippen LogP) is 2.43. The molecule has 0 unspecified atom stereocenters. The number of halogens is 3. The molecule has 0 bridgehead atoms. The first-order valence-electron chi connectivity index (χ1n) is 3.75. The van der Waals surface area contributed by atoms with Gasteiger partial charge in [-0.2, -0.15) is 8.42 Å². The molecule has 0 amide bonds. The SMILES string of the molecule is O=S(=O)(F)CCc1cc(F)ccc1Br. The Morgan fingerprint density at radius 2 is 2.00 bits per heavy atom. The van der Waals surface area contributed by atoms with Gasteiger partial charge in [0.05, 0.1) is 5.75 Å². The second-order valence-electron chi connectivity index (χ2n) is 2.73. The van der Waals surface area contributed by atoms with E-state index >= 15 is 0 Å². The number of aryl methyl sites for hydroxylation is 1. The third kappa shape index (κ3) is 3.71. The Morgan fingerprint density at radius 1 is 1.36 bits per heavy atom. The van der Waals surface area contributed by atoms with E-state index in [2.05, 4.69) is 15.9 Å². The topological polar surface area (TPSA) is 34.1 Å². The maximum atomic E-state index is 12.7. The molecule has 0 N–H and O–H groups in total. The molecule has 6 heteroatoms. The van der Waals surface area contributed by atoms with Crippen LogP contribution in [-0.2, 0) is 16.6 Å². The highest BCUT2D eigenvalue weighted by Gasteiger charge is 2.09. The smallest absolute Gasteiger partial charge is 0.207 e.